The molecule has 0 aliphatic carbocycles. The average Bonchev–Trinajstić information content (AvgIpc) is 2.79. The Balaban J connectivity index is 1.87. The molecular formula is C28H29ClN4O2. The first kappa shape index (κ1) is 24.5. The van der Waals surface area contributed by atoms with Crippen molar-refractivity contribution in [2.45, 2.75) is 39.3 Å². The van der Waals surface area contributed by atoms with Gasteiger partial charge in [-0.15, -0.1) is 0 Å². The maximum atomic E-state index is 13.9. The summed E-state index contributed by atoms with van der Waals surface area (Å²) < 4.78 is 0. The number of aliphatic imine (C=N–C) groups is 1. The van der Waals surface area contributed by atoms with E-state index in [-0.39, 0.29) is 11.8 Å². The zero-order valence-electron chi connectivity index (χ0n) is 20.5. The molecule has 3 aromatic rings. The highest BCUT2D eigenvalue weighted by molar-refractivity contribution is 6.31. The lowest BCUT2D eigenvalue weighted by Crippen LogP contribution is -2.54. The van der Waals surface area contributed by atoms with E-state index in [1.807, 2.05) is 76.2 Å². The zero-order valence-corrected chi connectivity index (χ0v) is 21.3. The third kappa shape index (κ3) is 5.23. The molecule has 0 fully saturated rings. The number of carbonyl (C=O) groups is 2. The summed E-state index contributed by atoms with van der Waals surface area (Å²) in [6, 6.07) is 21.3. The summed E-state index contributed by atoms with van der Waals surface area (Å²) in [4.78, 5) is 35.6. The Hall–Kier alpha value is -3.64. The number of hydrogen-bond acceptors (Lipinski definition) is 4. The van der Waals surface area contributed by atoms with Crippen molar-refractivity contribution in [1.29, 1.82) is 0 Å². The van der Waals surface area contributed by atoms with Crippen molar-refractivity contribution < 1.29 is 9.59 Å². The molecule has 1 atom stereocenters. The van der Waals surface area contributed by atoms with Crippen molar-refractivity contribution in [3.8, 4) is 0 Å². The molecule has 0 bridgehead atoms. The highest BCUT2D eigenvalue weighted by atomic mass is 35.5. The first-order valence-corrected chi connectivity index (χ1v) is 11.8. The van der Waals surface area contributed by atoms with Crippen LogP contribution in [0.1, 0.15) is 48.3 Å². The minimum atomic E-state index is -0.664. The fourth-order valence-corrected chi connectivity index (χ4v) is 4.23. The normalized spacial score (nSPS) is 15.2. The van der Waals surface area contributed by atoms with Gasteiger partial charge in [0, 0.05) is 28.7 Å². The molecule has 35 heavy (non-hydrogen) atoms. The van der Waals surface area contributed by atoms with Gasteiger partial charge in [-0.2, -0.15) is 0 Å². The molecule has 0 saturated heterocycles. The number of halogens is 1. The number of benzene rings is 3. The lowest BCUT2D eigenvalue weighted by molar-refractivity contribution is -0.126. The maximum absolute atomic E-state index is 13.9. The lowest BCUT2D eigenvalue weighted by atomic mass is 9.99. The van der Waals surface area contributed by atoms with Crippen LogP contribution in [0.25, 0.3) is 0 Å². The van der Waals surface area contributed by atoms with Crippen molar-refractivity contribution >= 4 is 40.7 Å². The highest BCUT2D eigenvalue weighted by Crippen LogP contribution is 2.36. The van der Waals surface area contributed by atoms with Gasteiger partial charge in [0.25, 0.3) is 5.91 Å². The summed E-state index contributed by atoms with van der Waals surface area (Å²) in [5.41, 5.74) is 3.13. The van der Waals surface area contributed by atoms with Crippen LogP contribution >= 0.6 is 11.6 Å². The van der Waals surface area contributed by atoms with Crippen molar-refractivity contribution in [2.75, 3.05) is 11.9 Å². The second-order valence-corrected chi connectivity index (χ2v) is 10.1. The molecule has 7 heteroatoms. The Labute approximate surface area is 211 Å². The number of likely N-dealkylation sites (N-methyl/N-ethyl adjacent to an activating group) is 1. The third-order valence-electron chi connectivity index (χ3n) is 5.66. The van der Waals surface area contributed by atoms with Crippen LogP contribution < -0.4 is 10.2 Å². The summed E-state index contributed by atoms with van der Waals surface area (Å²) in [6.45, 7) is 7.79. The molecule has 0 radical (unpaired) electrons. The molecule has 0 spiro atoms. The second-order valence-electron chi connectivity index (χ2n) is 9.71. The van der Waals surface area contributed by atoms with E-state index in [0.717, 1.165) is 11.1 Å². The Kier molecular flexibility index (Phi) is 6.68. The van der Waals surface area contributed by atoms with Crippen LogP contribution in [-0.2, 0) is 4.79 Å². The summed E-state index contributed by atoms with van der Waals surface area (Å²) in [5, 5.41) is 3.63. The molecule has 3 aromatic carbocycles. The van der Waals surface area contributed by atoms with Gasteiger partial charge in [-0.1, -0.05) is 41.9 Å². The zero-order chi connectivity index (χ0) is 25.3. The van der Waals surface area contributed by atoms with E-state index in [2.05, 4.69) is 5.32 Å². The number of amides is 2. The number of anilines is 1. The molecule has 0 saturated carbocycles. The molecule has 1 heterocycles. The van der Waals surface area contributed by atoms with Crippen molar-refractivity contribution in [3.63, 3.8) is 0 Å². The largest absolute Gasteiger partial charge is 0.349 e. The van der Waals surface area contributed by atoms with Crippen LogP contribution in [0.15, 0.2) is 77.8 Å². The number of aryl methyl sites for hydroxylation is 1. The van der Waals surface area contributed by atoms with Gasteiger partial charge in [0.05, 0.1) is 11.4 Å². The Bertz CT molecular complexity index is 1290. The summed E-state index contributed by atoms with van der Waals surface area (Å²) >= 11 is 6.07. The quantitative estimate of drug-likeness (QED) is 0.500. The van der Waals surface area contributed by atoms with E-state index in [9.17, 15) is 9.59 Å². The predicted molar refractivity (Wildman–Crippen MR) is 141 cm³/mol. The molecule has 1 N–H and O–H groups in total. The van der Waals surface area contributed by atoms with Gasteiger partial charge in [0.1, 0.15) is 6.04 Å². The number of rotatable bonds is 3. The van der Waals surface area contributed by atoms with Crippen LogP contribution in [0, 0.1) is 6.92 Å². The molecule has 1 aliphatic rings. The molecule has 0 aromatic heterocycles. The fraction of sp³-hybridized carbons (Fsp3) is 0.250. The maximum Gasteiger partial charge on any atom is 0.265 e. The summed E-state index contributed by atoms with van der Waals surface area (Å²) in [5.74, 6) is -0.0708. The van der Waals surface area contributed by atoms with Crippen molar-refractivity contribution in [1.82, 2.24) is 10.2 Å². The van der Waals surface area contributed by atoms with E-state index in [4.69, 9.17) is 16.6 Å². The minimum absolute atomic E-state index is 0.164. The van der Waals surface area contributed by atoms with E-state index >= 15 is 0 Å². The van der Waals surface area contributed by atoms with E-state index in [0.29, 0.717) is 27.9 Å². The number of fused-ring (bicyclic) bond motifs is 1. The Morgan fingerprint density at radius 1 is 1.00 bits per heavy atom. The van der Waals surface area contributed by atoms with E-state index in [1.165, 1.54) is 0 Å². The molecule has 4 rings (SSSR count). The standard InChI is InChI=1S/C28H29ClN4O2/c1-18-9-8-10-21(17-18)33(26(35)19-13-15-20(29)16-14-19)27-30-23-12-7-6-11-22(23)24(32(27)5)25(34)31-28(2,3)4/h6-17,24H,1-5H3,(H,31,34). The SMILES string of the molecule is Cc1cccc(N(C(=O)c2ccc(Cl)cc2)C2=Nc3ccccc3C(C(=O)NC(C)(C)C)N2C)c1. The average molecular weight is 489 g/mol. The van der Waals surface area contributed by atoms with Crippen molar-refractivity contribution in [3.05, 3.63) is 94.5 Å². The van der Waals surface area contributed by atoms with E-state index < -0.39 is 11.6 Å². The van der Waals surface area contributed by atoms with Gasteiger partial charge < -0.3 is 10.2 Å². The minimum Gasteiger partial charge on any atom is -0.349 e. The number of nitrogens with zero attached hydrogens (tertiary/aromatic N) is 3. The van der Waals surface area contributed by atoms with Crippen LogP contribution in [0.3, 0.4) is 0 Å². The number of carbonyl (C=O) groups excluding carboxylic acids is 2. The summed E-state index contributed by atoms with van der Waals surface area (Å²) in [6.07, 6.45) is 0. The first-order valence-electron chi connectivity index (χ1n) is 11.4. The van der Waals surface area contributed by atoms with Gasteiger partial charge in [0.15, 0.2) is 0 Å². The molecule has 6 nitrogen and oxygen atoms in total. The monoisotopic (exact) mass is 488 g/mol. The number of para-hydroxylation sites is 1. The van der Waals surface area contributed by atoms with Gasteiger partial charge in [0.2, 0.25) is 11.9 Å². The third-order valence-corrected chi connectivity index (χ3v) is 5.91. The Morgan fingerprint density at radius 2 is 1.69 bits per heavy atom. The van der Waals surface area contributed by atoms with Gasteiger partial charge >= 0.3 is 0 Å². The van der Waals surface area contributed by atoms with Crippen LogP contribution in [-0.4, -0.2) is 35.3 Å². The van der Waals surface area contributed by atoms with Crippen LogP contribution in [0.5, 0.6) is 0 Å². The fourth-order valence-electron chi connectivity index (χ4n) is 4.11. The topological polar surface area (TPSA) is 65.0 Å². The van der Waals surface area contributed by atoms with Crippen LogP contribution in [0.4, 0.5) is 11.4 Å². The number of guanidine groups is 1. The van der Waals surface area contributed by atoms with Crippen LogP contribution in [0.2, 0.25) is 5.02 Å². The molecule has 1 unspecified atom stereocenters. The number of hydrogen-bond donors (Lipinski definition) is 1. The smallest absolute Gasteiger partial charge is 0.265 e. The first-order chi connectivity index (χ1) is 16.5. The van der Waals surface area contributed by atoms with E-state index in [1.54, 1.807) is 41.1 Å². The predicted octanol–water partition coefficient (Wildman–Crippen LogP) is 5.88. The lowest BCUT2D eigenvalue weighted by Gasteiger charge is -2.39. The van der Waals surface area contributed by atoms with Gasteiger partial charge in [-0.3, -0.25) is 9.59 Å². The molecule has 180 valence electrons. The second kappa shape index (κ2) is 9.55. The molecular weight excluding hydrogens is 460 g/mol. The van der Waals surface area contributed by atoms with Gasteiger partial charge in [-0.05, 0) is 75.7 Å². The Morgan fingerprint density at radius 3 is 2.34 bits per heavy atom. The molecule has 2 amide bonds. The van der Waals surface area contributed by atoms with Gasteiger partial charge in [-0.25, -0.2) is 9.89 Å². The van der Waals surface area contributed by atoms with Crippen molar-refractivity contribution in [2.24, 2.45) is 4.99 Å². The summed E-state index contributed by atoms with van der Waals surface area (Å²) in [7, 11) is 1.79. The number of nitrogens with one attached hydrogen (secondary N) is 1. The highest BCUT2D eigenvalue weighted by Gasteiger charge is 2.38. The molecule has 1 aliphatic heterocycles.